The number of benzene rings is 1. The van der Waals surface area contributed by atoms with Crippen molar-refractivity contribution in [2.45, 2.75) is 6.54 Å². The standard InChI is InChI=1S/C12H11N3OS/c1-14-7-11-8-15-12(17-11)16-10-4-2-9(6-13)3-5-10/h2-5,8,14H,7H2,1H3. The Bertz CT molecular complexity index is 527. The highest BCUT2D eigenvalue weighted by Gasteiger charge is 2.03. The average Bonchev–Trinajstić information content (AvgIpc) is 2.78. The topological polar surface area (TPSA) is 57.9 Å². The van der Waals surface area contributed by atoms with Gasteiger partial charge in [0.1, 0.15) is 5.75 Å². The van der Waals surface area contributed by atoms with Crippen molar-refractivity contribution in [3.63, 3.8) is 0 Å². The summed E-state index contributed by atoms with van der Waals surface area (Å²) in [6, 6.07) is 9.02. The lowest BCUT2D eigenvalue weighted by molar-refractivity contribution is 0.479. The van der Waals surface area contributed by atoms with Gasteiger partial charge in [-0.2, -0.15) is 5.26 Å². The summed E-state index contributed by atoms with van der Waals surface area (Å²) in [5.41, 5.74) is 0.618. The van der Waals surface area contributed by atoms with Crippen LogP contribution >= 0.6 is 11.3 Å². The van der Waals surface area contributed by atoms with Crippen molar-refractivity contribution in [2.24, 2.45) is 0 Å². The number of thiazole rings is 1. The molecule has 4 nitrogen and oxygen atoms in total. The molecule has 1 N–H and O–H groups in total. The molecular weight excluding hydrogens is 234 g/mol. The van der Waals surface area contributed by atoms with Crippen molar-refractivity contribution in [1.29, 1.82) is 5.26 Å². The first-order valence-corrected chi connectivity index (χ1v) is 5.91. The SMILES string of the molecule is CNCc1cnc(Oc2ccc(C#N)cc2)s1. The summed E-state index contributed by atoms with van der Waals surface area (Å²) in [4.78, 5) is 5.29. The smallest absolute Gasteiger partial charge is 0.278 e. The zero-order valence-electron chi connectivity index (χ0n) is 9.30. The van der Waals surface area contributed by atoms with E-state index in [1.165, 1.54) is 11.3 Å². The Morgan fingerprint density at radius 2 is 2.18 bits per heavy atom. The average molecular weight is 245 g/mol. The molecule has 0 radical (unpaired) electrons. The van der Waals surface area contributed by atoms with E-state index in [1.54, 1.807) is 30.5 Å². The minimum absolute atomic E-state index is 0.611. The molecule has 0 fully saturated rings. The minimum Gasteiger partial charge on any atom is -0.431 e. The Kier molecular flexibility index (Phi) is 3.70. The summed E-state index contributed by atoms with van der Waals surface area (Å²) in [6.45, 7) is 0.786. The van der Waals surface area contributed by atoms with E-state index in [9.17, 15) is 0 Å². The Labute approximate surface area is 103 Å². The van der Waals surface area contributed by atoms with Gasteiger partial charge in [0, 0.05) is 17.6 Å². The summed E-state index contributed by atoms with van der Waals surface area (Å²) in [5, 5.41) is 12.3. The molecule has 0 saturated carbocycles. The predicted octanol–water partition coefficient (Wildman–Crippen LogP) is 2.53. The number of nitrogens with zero attached hydrogens (tertiary/aromatic N) is 2. The fraction of sp³-hybridized carbons (Fsp3) is 0.167. The third-order valence-corrected chi connectivity index (χ3v) is 2.95. The van der Waals surface area contributed by atoms with Gasteiger partial charge < -0.3 is 10.1 Å². The third-order valence-electron chi connectivity index (χ3n) is 2.07. The lowest BCUT2D eigenvalue weighted by Gasteiger charge is -2.00. The highest BCUT2D eigenvalue weighted by molar-refractivity contribution is 7.13. The summed E-state index contributed by atoms with van der Waals surface area (Å²) in [7, 11) is 1.89. The highest BCUT2D eigenvalue weighted by Crippen LogP contribution is 2.26. The van der Waals surface area contributed by atoms with Gasteiger partial charge in [-0.1, -0.05) is 11.3 Å². The van der Waals surface area contributed by atoms with Gasteiger partial charge >= 0.3 is 0 Å². The van der Waals surface area contributed by atoms with Crippen LogP contribution in [0.1, 0.15) is 10.4 Å². The molecule has 0 aliphatic carbocycles. The molecule has 0 aliphatic heterocycles. The van der Waals surface area contributed by atoms with Crippen molar-refractivity contribution in [2.75, 3.05) is 7.05 Å². The number of nitriles is 1. The van der Waals surface area contributed by atoms with Crippen molar-refractivity contribution in [3.05, 3.63) is 40.9 Å². The fourth-order valence-electron chi connectivity index (χ4n) is 1.29. The van der Waals surface area contributed by atoms with Gasteiger partial charge in [-0.05, 0) is 31.3 Å². The quantitative estimate of drug-likeness (QED) is 0.899. The van der Waals surface area contributed by atoms with E-state index in [4.69, 9.17) is 10.00 Å². The maximum atomic E-state index is 8.67. The van der Waals surface area contributed by atoms with E-state index < -0.39 is 0 Å². The molecule has 5 heteroatoms. The van der Waals surface area contributed by atoms with Crippen LogP contribution in [0.25, 0.3) is 0 Å². The monoisotopic (exact) mass is 245 g/mol. The van der Waals surface area contributed by atoms with Crippen LogP contribution in [0, 0.1) is 11.3 Å². The van der Waals surface area contributed by atoms with Crippen LogP contribution in [-0.2, 0) is 6.54 Å². The van der Waals surface area contributed by atoms with Gasteiger partial charge in [-0.25, -0.2) is 4.98 Å². The minimum atomic E-state index is 0.611. The van der Waals surface area contributed by atoms with Crippen molar-refractivity contribution >= 4 is 11.3 Å². The first kappa shape index (κ1) is 11.6. The van der Waals surface area contributed by atoms with Crippen LogP contribution < -0.4 is 10.1 Å². The predicted molar refractivity (Wildman–Crippen MR) is 66.1 cm³/mol. The van der Waals surface area contributed by atoms with Gasteiger partial charge in [0.2, 0.25) is 0 Å². The van der Waals surface area contributed by atoms with Crippen LogP contribution in [-0.4, -0.2) is 12.0 Å². The van der Waals surface area contributed by atoms with E-state index in [0.717, 1.165) is 11.4 Å². The number of aromatic nitrogens is 1. The lowest BCUT2D eigenvalue weighted by atomic mass is 10.2. The van der Waals surface area contributed by atoms with Crippen LogP contribution in [0.15, 0.2) is 30.5 Å². The molecule has 0 amide bonds. The van der Waals surface area contributed by atoms with Crippen molar-refractivity contribution in [1.82, 2.24) is 10.3 Å². The van der Waals surface area contributed by atoms with E-state index in [1.807, 2.05) is 7.05 Å². The molecule has 86 valence electrons. The summed E-state index contributed by atoms with van der Waals surface area (Å²) >= 11 is 1.50. The first-order chi connectivity index (χ1) is 8.31. The van der Waals surface area contributed by atoms with E-state index in [2.05, 4.69) is 16.4 Å². The van der Waals surface area contributed by atoms with Crippen LogP contribution in [0.2, 0.25) is 0 Å². The Morgan fingerprint density at radius 3 is 2.82 bits per heavy atom. The molecule has 17 heavy (non-hydrogen) atoms. The summed E-state index contributed by atoms with van der Waals surface area (Å²) in [6.07, 6.45) is 1.79. The molecule has 2 rings (SSSR count). The maximum Gasteiger partial charge on any atom is 0.278 e. The maximum absolute atomic E-state index is 8.67. The van der Waals surface area contributed by atoms with E-state index in [-0.39, 0.29) is 0 Å². The van der Waals surface area contributed by atoms with Crippen LogP contribution in [0.3, 0.4) is 0 Å². The van der Waals surface area contributed by atoms with Gasteiger partial charge in [-0.3, -0.25) is 0 Å². The van der Waals surface area contributed by atoms with Crippen molar-refractivity contribution in [3.8, 4) is 17.0 Å². The molecule has 1 heterocycles. The van der Waals surface area contributed by atoms with E-state index in [0.29, 0.717) is 16.5 Å². The largest absolute Gasteiger partial charge is 0.431 e. The Balaban J connectivity index is 2.06. The molecule has 1 aromatic carbocycles. The molecule has 0 unspecified atom stereocenters. The summed E-state index contributed by atoms with van der Waals surface area (Å²) < 4.78 is 5.58. The van der Waals surface area contributed by atoms with Gasteiger partial charge in [0.25, 0.3) is 5.19 Å². The van der Waals surface area contributed by atoms with Crippen molar-refractivity contribution < 1.29 is 4.74 Å². The molecule has 0 bridgehead atoms. The van der Waals surface area contributed by atoms with E-state index >= 15 is 0 Å². The zero-order valence-corrected chi connectivity index (χ0v) is 10.1. The molecule has 0 aliphatic rings. The van der Waals surface area contributed by atoms with Gasteiger partial charge in [0.15, 0.2) is 0 Å². The van der Waals surface area contributed by atoms with Gasteiger partial charge in [-0.15, -0.1) is 0 Å². The Hall–Kier alpha value is -1.90. The summed E-state index contributed by atoms with van der Waals surface area (Å²) in [5.74, 6) is 0.689. The Morgan fingerprint density at radius 1 is 1.41 bits per heavy atom. The molecule has 1 aromatic heterocycles. The normalized spacial score (nSPS) is 9.88. The second kappa shape index (κ2) is 5.43. The molecule has 0 saturated heterocycles. The molecule has 0 spiro atoms. The number of hydrogen-bond donors (Lipinski definition) is 1. The highest BCUT2D eigenvalue weighted by atomic mass is 32.1. The van der Waals surface area contributed by atoms with Crippen LogP contribution in [0.4, 0.5) is 0 Å². The number of nitrogens with one attached hydrogen (secondary N) is 1. The molecule has 0 atom stereocenters. The van der Waals surface area contributed by atoms with Crippen LogP contribution in [0.5, 0.6) is 10.9 Å². The number of rotatable bonds is 4. The second-order valence-corrected chi connectivity index (χ2v) is 4.44. The molecule has 2 aromatic rings. The number of hydrogen-bond acceptors (Lipinski definition) is 5. The fourth-order valence-corrected chi connectivity index (χ4v) is 2.08. The first-order valence-electron chi connectivity index (χ1n) is 5.09. The molecular formula is C12H11N3OS. The lowest BCUT2D eigenvalue weighted by Crippen LogP contribution is -2.02. The second-order valence-electron chi connectivity index (χ2n) is 3.36. The third kappa shape index (κ3) is 3.03. The zero-order chi connectivity index (χ0) is 12.1. The number of ether oxygens (including phenoxy) is 1. The van der Waals surface area contributed by atoms with Gasteiger partial charge in [0.05, 0.1) is 11.6 Å².